The molecule has 3 heterocycles. The van der Waals surface area contributed by atoms with E-state index in [2.05, 4.69) is 57.4 Å². The third kappa shape index (κ3) is 2.08. The maximum Gasteiger partial charge on any atom is 0.213 e. The maximum absolute atomic E-state index is 5.27. The van der Waals surface area contributed by atoms with Crippen molar-refractivity contribution in [1.29, 1.82) is 0 Å². The Morgan fingerprint density at radius 2 is 1.76 bits per heavy atom. The molecule has 0 bridgehead atoms. The van der Waals surface area contributed by atoms with E-state index in [1.165, 1.54) is 10.8 Å². The van der Waals surface area contributed by atoms with Gasteiger partial charge in [0.05, 0.1) is 29.4 Å². The molecule has 1 N–H and O–H groups in total. The number of aromatic nitrogens is 3. The van der Waals surface area contributed by atoms with Gasteiger partial charge in [-0.15, -0.1) is 0 Å². The zero-order valence-electron chi connectivity index (χ0n) is 13.7. The molecule has 0 spiro atoms. The van der Waals surface area contributed by atoms with Crippen LogP contribution in [-0.2, 0) is 0 Å². The first-order chi connectivity index (χ1) is 12.3. The SMILES string of the molecule is COc1ccc2[nH]c3c(-c4cccc5ccccc45)nccc3c2n1. The molecule has 0 aliphatic rings. The summed E-state index contributed by atoms with van der Waals surface area (Å²) in [4.78, 5) is 12.8. The molecule has 0 aliphatic heterocycles. The third-order valence-corrected chi connectivity index (χ3v) is 4.59. The van der Waals surface area contributed by atoms with Crippen molar-refractivity contribution in [2.75, 3.05) is 7.11 Å². The summed E-state index contributed by atoms with van der Waals surface area (Å²) in [6.07, 6.45) is 1.84. The average Bonchev–Trinajstić information content (AvgIpc) is 3.05. The van der Waals surface area contributed by atoms with E-state index in [1.54, 1.807) is 7.11 Å². The Labute approximate surface area is 144 Å². The van der Waals surface area contributed by atoms with Gasteiger partial charge in [-0.2, -0.15) is 0 Å². The van der Waals surface area contributed by atoms with Crippen molar-refractivity contribution in [2.24, 2.45) is 0 Å². The summed E-state index contributed by atoms with van der Waals surface area (Å²) in [5, 5.41) is 3.44. The number of nitrogens with zero attached hydrogens (tertiary/aromatic N) is 2. The summed E-state index contributed by atoms with van der Waals surface area (Å²) < 4.78 is 5.27. The molecule has 0 aliphatic carbocycles. The molecule has 4 heteroatoms. The molecule has 5 aromatic rings. The summed E-state index contributed by atoms with van der Waals surface area (Å²) in [6.45, 7) is 0. The molecule has 2 aromatic carbocycles. The molecule has 0 amide bonds. The fourth-order valence-corrected chi connectivity index (χ4v) is 3.42. The topological polar surface area (TPSA) is 50.8 Å². The van der Waals surface area contributed by atoms with Crippen LogP contribution >= 0.6 is 0 Å². The Morgan fingerprint density at radius 3 is 2.68 bits per heavy atom. The predicted octanol–water partition coefficient (Wildman–Crippen LogP) is 4.94. The molecule has 0 saturated carbocycles. The van der Waals surface area contributed by atoms with Gasteiger partial charge in [-0.25, -0.2) is 4.98 Å². The van der Waals surface area contributed by atoms with E-state index in [1.807, 2.05) is 24.4 Å². The number of hydrogen-bond donors (Lipinski definition) is 1. The van der Waals surface area contributed by atoms with Crippen LogP contribution in [0.4, 0.5) is 0 Å². The maximum atomic E-state index is 5.27. The van der Waals surface area contributed by atoms with Crippen LogP contribution < -0.4 is 4.74 Å². The van der Waals surface area contributed by atoms with Gasteiger partial charge in [0.25, 0.3) is 0 Å². The Hall–Kier alpha value is -3.40. The minimum Gasteiger partial charge on any atom is -0.481 e. The molecule has 0 radical (unpaired) electrons. The number of ether oxygens (including phenoxy) is 1. The molecule has 4 nitrogen and oxygen atoms in total. The summed E-state index contributed by atoms with van der Waals surface area (Å²) in [6, 6.07) is 20.5. The van der Waals surface area contributed by atoms with Crippen molar-refractivity contribution < 1.29 is 4.74 Å². The quantitative estimate of drug-likeness (QED) is 0.500. The number of benzene rings is 2. The normalized spacial score (nSPS) is 11.4. The molecule has 0 saturated heterocycles. The van der Waals surface area contributed by atoms with Gasteiger partial charge in [0.2, 0.25) is 5.88 Å². The van der Waals surface area contributed by atoms with Gasteiger partial charge in [-0.1, -0.05) is 42.5 Å². The number of fused-ring (bicyclic) bond motifs is 4. The number of nitrogens with one attached hydrogen (secondary N) is 1. The molecule has 0 fully saturated rings. The standard InChI is InChI=1S/C21H15N3O/c1-25-18-10-9-17-19(24-18)16-11-12-22-20(21(16)23-17)15-8-4-6-13-5-2-3-7-14(13)15/h2-12,23H,1H3. The highest BCUT2D eigenvalue weighted by molar-refractivity contribution is 6.11. The lowest BCUT2D eigenvalue weighted by molar-refractivity contribution is 0.399. The van der Waals surface area contributed by atoms with E-state index in [4.69, 9.17) is 4.74 Å². The van der Waals surface area contributed by atoms with Gasteiger partial charge in [0, 0.05) is 23.2 Å². The van der Waals surface area contributed by atoms with Crippen LogP contribution in [0.2, 0.25) is 0 Å². The van der Waals surface area contributed by atoms with E-state index >= 15 is 0 Å². The van der Waals surface area contributed by atoms with E-state index in [0.717, 1.165) is 33.2 Å². The van der Waals surface area contributed by atoms with Gasteiger partial charge >= 0.3 is 0 Å². The molecule has 0 unspecified atom stereocenters. The van der Waals surface area contributed by atoms with Crippen LogP contribution in [0.5, 0.6) is 5.88 Å². The zero-order chi connectivity index (χ0) is 16.8. The molecule has 3 aromatic heterocycles. The fraction of sp³-hybridized carbons (Fsp3) is 0.0476. The van der Waals surface area contributed by atoms with Crippen molar-refractivity contribution in [1.82, 2.24) is 15.0 Å². The van der Waals surface area contributed by atoms with E-state index in [0.29, 0.717) is 5.88 Å². The number of methoxy groups -OCH3 is 1. The largest absolute Gasteiger partial charge is 0.481 e. The Bertz CT molecular complexity index is 1230. The monoisotopic (exact) mass is 325 g/mol. The molecule has 5 rings (SSSR count). The molecule has 0 atom stereocenters. The van der Waals surface area contributed by atoms with Crippen molar-refractivity contribution in [3.8, 4) is 17.1 Å². The van der Waals surface area contributed by atoms with Crippen molar-refractivity contribution in [3.63, 3.8) is 0 Å². The van der Waals surface area contributed by atoms with Gasteiger partial charge in [0.15, 0.2) is 0 Å². The first-order valence-corrected chi connectivity index (χ1v) is 8.15. The summed E-state index contributed by atoms with van der Waals surface area (Å²) >= 11 is 0. The second-order valence-corrected chi connectivity index (χ2v) is 5.98. The average molecular weight is 325 g/mol. The number of rotatable bonds is 2. The van der Waals surface area contributed by atoms with Crippen molar-refractivity contribution in [3.05, 3.63) is 66.9 Å². The smallest absolute Gasteiger partial charge is 0.213 e. The Kier molecular flexibility index (Phi) is 2.97. The lowest BCUT2D eigenvalue weighted by Gasteiger charge is -2.07. The Morgan fingerprint density at radius 1 is 0.880 bits per heavy atom. The highest BCUT2D eigenvalue weighted by atomic mass is 16.5. The molecule has 25 heavy (non-hydrogen) atoms. The highest BCUT2D eigenvalue weighted by Crippen LogP contribution is 2.34. The number of pyridine rings is 2. The van der Waals surface area contributed by atoms with Crippen LogP contribution in [0.15, 0.2) is 66.9 Å². The first kappa shape index (κ1) is 14.0. The third-order valence-electron chi connectivity index (χ3n) is 4.59. The number of aromatic amines is 1. The van der Waals surface area contributed by atoms with E-state index in [-0.39, 0.29) is 0 Å². The lowest BCUT2D eigenvalue weighted by atomic mass is 10.0. The van der Waals surface area contributed by atoms with Gasteiger partial charge in [0.1, 0.15) is 0 Å². The van der Waals surface area contributed by atoms with Crippen molar-refractivity contribution >= 4 is 32.7 Å². The minimum atomic E-state index is 0.608. The van der Waals surface area contributed by atoms with Gasteiger partial charge in [-0.3, -0.25) is 4.98 Å². The van der Waals surface area contributed by atoms with Crippen LogP contribution in [0.1, 0.15) is 0 Å². The van der Waals surface area contributed by atoms with Gasteiger partial charge < -0.3 is 9.72 Å². The van der Waals surface area contributed by atoms with E-state index < -0.39 is 0 Å². The van der Waals surface area contributed by atoms with Crippen LogP contribution in [0, 0.1) is 0 Å². The van der Waals surface area contributed by atoms with E-state index in [9.17, 15) is 0 Å². The highest BCUT2D eigenvalue weighted by Gasteiger charge is 2.14. The molecular formula is C21H15N3O. The fourth-order valence-electron chi connectivity index (χ4n) is 3.42. The van der Waals surface area contributed by atoms with Crippen LogP contribution in [-0.4, -0.2) is 22.1 Å². The van der Waals surface area contributed by atoms with Gasteiger partial charge in [-0.05, 0) is 22.9 Å². The van der Waals surface area contributed by atoms with Crippen molar-refractivity contribution in [2.45, 2.75) is 0 Å². The minimum absolute atomic E-state index is 0.608. The van der Waals surface area contributed by atoms with Crippen LogP contribution in [0.25, 0.3) is 44.0 Å². The second kappa shape index (κ2) is 5.31. The zero-order valence-corrected chi connectivity index (χ0v) is 13.7. The van der Waals surface area contributed by atoms with Crippen LogP contribution in [0.3, 0.4) is 0 Å². The Balaban J connectivity index is 1.87. The predicted molar refractivity (Wildman–Crippen MR) is 101 cm³/mol. The second-order valence-electron chi connectivity index (χ2n) is 5.98. The number of hydrogen-bond acceptors (Lipinski definition) is 3. The molecule has 120 valence electrons. The molecular weight excluding hydrogens is 310 g/mol. The summed E-state index contributed by atoms with van der Waals surface area (Å²) in [7, 11) is 1.63. The summed E-state index contributed by atoms with van der Waals surface area (Å²) in [5.74, 6) is 0.608. The lowest BCUT2D eigenvalue weighted by Crippen LogP contribution is -1.87. The summed E-state index contributed by atoms with van der Waals surface area (Å²) in [5.41, 5.74) is 4.92. The number of H-pyrrole nitrogens is 1. The first-order valence-electron chi connectivity index (χ1n) is 8.15.